The first kappa shape index (κ1) is 22.1. The van der Waals surface area contributed by atoms with Gasteiger partial charge in [-0.15, -0.1) is 0 Å². The van der Waals surface area contributed by atoms with Crippen LogP contribution in [0.1, 0.15) is 20.8 Å². The summed E-state index contributed by atoms with van der Waals surface area (Å²) in [6.45, 7) is 6.42. The number of benzene rings is 2. The van der Waals surface area contributed by atoms with Gasteiger partial charge < -0.3 is 9.53 Å². The van der Waals surface area contributed by atoms with Crippen molar-refractivity contribution < 1.29 is 22.7 Å². The number of carbonyl (C=O) groups is 1. The molecule has 0 aliphatic carbocycles. The molecule has 0 atom stereocenters. The molecule has 28 heavy (non-hydrogen) atoms. The van der Waals surface area contributed by atoms with Gasteiger partial charge in [0.1, 0.15) is 0 Å². The van der Waals surface area contributed by atoms with Gasteiger partial charge in [-0.1, -0.05) is 81.4 Å². The molecule has 3 N–H and O–H groups in total. The maximum absolute atomic E-state index is 11.7. The highest BCUT2D eigenvalue weighted by Crippen LogP contribution is 2.36. The first-order chi connectivity index (χ1) is 13.1. The molecule has 0 spiro atoms. The van der Waals surface area contributed by atoms with Gasteiger partial charge in [0.05, 0.1) is 0 Å². The fraction of sp³-hybridized carbons (Fsp3) is 0.316. The Labute approximate surface area is 167 Å². The van der Waals surface area contributed by atoms with E-state index < -0.39 is 24.6 Å². The monoisotopic (exact) mass is 422 g/mol. The summed E-state index contributed by atoms with van der Waals surface area (Å²) in [5.41, 5.74) is 0. The van der Waals surface area contributed by atoms with E-state index in [-0.39, 0.29) is 18.2 Å². The van der Waals surface area contributed by atoms with Crippen LogP contribution in [-0.2, 0) is 14.6 Å². The van der Waals surface area contributed by atoms with Crippen LogP contribution < -0.4 is 19.8 Å². The smallest absolute Gasteiger partial charge is 0.419 e. The second kappa shape index (κ2) is 8.87. The number of hydrogen-bond acceptors (Lipinski definition) is 4. The van der Waals surface area contributed by atoms with Crippen molar-refractivity contribution in [3.63, 3.8) is 0 Å². The van der Waals surface area contributed by atoms with Gasteiger partial charge in [-0.25, -0.2) is 9.52 Å². The highest BCUT2D eigenvalue weighted by atomic mass is 32.2. The molecular formula is C19H26N2O5SSi. The Morgan fingerprint density at radius 1 is 1.00 bits per heavy atom. The molecule has 0 unspecified atom stereocenters. The molecule has 1 amide bonds. The van der Waals surface area contributed by atoms with Crippen LogP contribution in [0.4, 0.5) is 4.79 Å². The van der Waals surface area contributed by atoms with Gasteiger partial charge in [-0.2, -0.15) is 13.1 Å². The highest BCUT2D eigenvalue weighted by molar-refractivity contribution is 7.88. The normalized spacial score (nSPS) is 12.5. The van der Waals surface area contributed by atoms with E-state index in [9.17, 15) is 13.2 Å². The van der Waals surface area contributed by atoms with Crippen molar-refractivity contribution in [2.24, 2.45) is 0 Å². The molecular weight excluding hydrogens is 396 g/mol. The summed E-state index contributed by atoms with van der Waals surface area (Å²) >= 11 is 0. The van der Waals surface area contributed by atoms with Gasteiger partial charge in [0.25, 0.3) is 8.32 Å². The van der Waals surface area contributed by atoms with E-state index >= 15 is 0 Å². The molecule has 0 aliphatic heterocycles. The van der Waals surface area contributed by atoms with E-state index in [0.29, 0.717) is 0 Å². The van der Waals surface area contributed by atoms with Crippen molar-refractivity contribution in [3.05, 3.63) is 60.7 Å². The average molecular weight is 423 g/mol. The Morgan fingerprint density at radius 2 is 1.46 bits per heavy atom. The van der Waals surface area contributed by atoms with Crippen LogP contribution >= 0.6 is 0 Å². The van der Waals surface area contributed by atoms with Crippen LogP contribution in [0.15, 0.2) is 60.7 Å². The third-order valence-electron chi connectivity index (χ3n) is 4.35. The average Bonchev–Trinajstić information content (AvgIpc) is 2.61. The zero-order valence-electron chi connectivity index (χ0n) is 16.2. The summed E-state index contributed by atoms with van der Waals surface area (Å²) in [4.78, 5) is 10.6. The molecule has 0 aromatic heterocycles. The van der Waals surface area contributed by atoms with Crippen molar-refractivity contribution in [1.29, 1.82) is 0 Å². The fourth-order valence-corrected chi connectivity index (χ4v) is 8.51. The Kier molecular flexibility index (Phi) is 6.99. The van der Waals surface area contributed by atoms with Gasteiger partial charge in [0.15, 0.2) is 0 Å². The van der Waals surface area contributed by atoms with Crippen LogP contribution in [0.2, 0.25) is 5.04 Å². The fourth-order valence-electron chi connectivity index (χ4n) is 3.29. The zero-order valence-corrected chi connectivity index (χ0v) is 18.0. The summed E-state index contributed by atoms with van der Waals surface area (Å²) in [6.07, 6.45) is -1.64. The minimum Gasteiger partial charge on any atom is -0.464 e. The second-order valence-electron chi connectivity index (χ2n) is 7.32. The molecule has 0 heterocycles. The Balaban J connectivity index is 2.33. The van der Waals surface area contributed by atoms with E-state index in [1.54, 1.807) is 0 Å². The summed E-state index contributed by atoms with van der Waals surface area (Å²) in [5.74, 6) is 0. The summed E-state index contributed by atoms with van der Waals surface area (Å²) in [5, 5.41) is 10.5. The highest BCUT2D eigenvalue weighted by Gasteiger charge is 2.49. The van der Waals surface area contributed by atoms with Crippen molar-refractivity contribution in [2.45, 2.75) is 25.8 Å². The summed E-state index contributed by atoms with van der Waals surface area (Å²) in [7, 11) is -6.88. The standard InChI is InChI=1S/C19H26N2O5SSi/c1-19(2,3)28(16-10-6-4-7-11-16,17-12-8-5-9-13-17)26-15-14-20-27(24,25)21-18(22)23/h4-13,20-21H,14-15H2,1-3H3,(H,22,23). The summed E-state index contributed by atoms with van der Waals surface area (Å²) in [6, 6.07) is 19.9. The first-order valence-electron chi connectivity index (χ1n) is 8.84. The molecule has 0 fully saturated rings. The van der Waals surface area contributed by atoms with Crippen LogP contribution in [0.5, 0.6) is 0 Å². The lowest BCUT2D eigenvalue weighted by atomic mass is 10.2. The third-order valence-corrected chi connectivity index (χ3v) is 10.4. The minimum absolute atomic E-state index is 0.0485. The largest absolute Gasteiger partial charge is 0.464 e. The van der Waals surface area contributed by atoms with Crippen LogP contribution in [0.25, 0.3) is 0 Å². The molecule has 0 aliphatic rings. The van der Waals surface area contributed by atoms with Gasteiger partial charge in [-0.3, -0.25) is 0 Å². The van der Waals surface area contributed by atoms with E-state index in [4.69, 9.17) is 9.53 Å². The van der Waals surface area contributed by atoms with Gasteiger partial charge in [0.2, 0.25) is 0 Å². The molecule has 2 aromatic carbocycles. The molecule has 0 saturated heterocycles. The van der Waals surface area contributed by atoms with Gasteiger partial charge >= 0.3 is 16.3 Å². The Bertz CT molecular complexity index is 844. The van der Waals surface area contributed by atoms with Crippen molar-refractivity contribution in [3.8, 4) is 0 Å². The predicted octanol–water partition coefficient (Wildman–Crippen LogP) is 1.67. The molecule has 0 radical (unpaired) electrons. The molecule has 9 heteroatoms. The molecule has 152 valence electrons. The van der Waals surface area contributed by atoms with Crippen molar-refractivity contribution in [2.75, 3.05) is 13.2 Å². The molecule has 2 rings (SSSR count). The topological polar surface area (TPSA) is 105 Å². The van der Waals surface area contributed by atoms with E-state index in [1.807, 2.05) is 60.7 Å². The molecule has 2 aromatic rings. The number of hydrogen-bond donors (Lipinski definition) is 3. The Hall–Kier alpha value is -2.20. The molecule has 0 bridgehead atoms. The number of amides is 1. The van der Waals surface area contributed by atoms with Crippen LogP contribution in [-0.4, -0.2) is 41.1 Å². The lowest BCUT2D eigenvalue weighted by Crippen LogP contribution is -2.67. The van der Waals surface area contributed by atoms with Crippen LogP contribution in [0, 0.1) is 0 Å². The minimum atomic E-state index is -4.13. The van der Waals surface area contributed by atoms with Crippen molar-refractivity contribution in [1.82, 2.24) is 9.44 Å². The van der Waals surface area contributed by atoms with Gasteiger partial charge in [0, 0.05) is 13.2 Å². The number of carboxylic acid groups (broad SMARTS) is 1. The van der Waals surface area contributed by atoms with Gasteiger partial charge in [-0.05, 0) is 15.4 Å². The Morgan fingerprint density at radius 3 is 1.86 bits per heavy atom. The quantitative estimate of drug-likeness (QED) is 0.443. The maximum Gasteiger partial charge on any atom is 0.419 e. The van der Waals surface area contributed by atoms with Crippen LogP contribution in [0.3, 0.4) is 0 Å². The molecule has 7 nitrogen and oxygen atoms in total. The number of nitrogens with one attached hydrogen (secondary N) is 2. The number of rotatable bonds is 8. The predicted molar refractivity (Wildman–Crippen MR) is 112 cm³/mol. The lowest BCUT2D eigenvalue weighted by Gasteiger charge is -2.43. The third kappa shape index (κ3) is 5.19. The summed E-state index contributed by atoms with van der Waals surface area (Å²) < 4.78 is 33.5. The maximum atomic E-state index is 11.7. The first-order valence-corrected chi connectivity index (χ1v) is 12.2. The lowest BCUT2D eigenvalue weighted by molar-refractivity contribution is 0.201. The van der Waals surface area contributed by atoms with E-state index in [1.165, 1.54) is 4.72 Å². The SMILES string of the molecule is CC(C)(C)[Si](OCCNS(=O)(=O)NC(=O)O)(c1ccccc1)c1ccccc1. The van der Waals surface area contributed by atoms with Crippen molar-refractivity contribution >= 4 is 35.0 Å². The second-order valence-corrected chi connectivity index (χ2v) is 13.1. The molecule has 0 saturated carbocycles. The van der Waals surface area contributed by atoms with E-state index in [2.05, 4.69) is 25.5 Å². The zero-order chi connectivity index (χ0) is 20.8. The van der Waals surface area contributed by atoms with E-state index in [0.717, 1.165) is 10.4 Å².